The summed E-state index contributed by atoms with van der Waals surface area (Å²) < 4.78 is 207. The van der Waals surface area contributed by atoms with Crippen molar-refractivity contribution in [2.75, 3.05) is 0 Å². The minimum atomic E-state index is -6.10. The maximum atomic E-state index is 15.0. The third-order valence-corrected chi connectivity index (χ3v) is 7.68. The fourth-order valence-electron chi connectivity index (χ4n) is 5.31. The second-order valence-electron chi connectivity index (χ2n) is 11.5. The Labute approximate surface area is 296 Å². The highest BCUT2D eigenvalue weighted by Gasteiger charge is 2.50. The molecule has 0 bridgehead atoms. The van der Waals surface area contributed by atoms with Gasteiger partial charge >= 0.3 is 24.7 Å². The van der Waals surface area contributed by atoms with Gasteiger partial charge in [-0.1, -0.05) is 67.9 Å². The van der Waals surface area contributed by atoms with Crippen molar-refractivity contribution in [1.29, 1.82) is 0 Å². The third kappa shape index (κ3) is 8.89. The lowest BCUT2D eigenvalue weighted by Crippen LogP contribution is -2.30. The molecule has 0 fully saturated rings. The SMILES string of the molecule is CCCc1ccc(-c2ccc(-c3ccc(C(F)(F)Oc4cc(F)c(C(F)(F)Oc5cc(F)c(C(F)(F)OC(F)(F)F)c(F)c5)c(F)c4)c(F)c3)cc2)cc1. The monoisotopic (exact) mass is 780 g/mol. The number of benzene rings is 5. The predicted molar refractivity (Wildman–Crippen MR) is 164 cm³/mol. The molecule has 0 aromatic heterocycles. The van der Waals surface area contributed by atoms with Gasteiger partial charge in [0, 0.05) is 24.3 Å². The fourth-order valence-corrected chi connectivity index (χ4v) is 5.31. The van der Waals surface area contributed by atoms with Crippen LogP contribution in [0.1, 0.15) is 35.6 Å². The van der Waals surface area contributed by atoms with E-state index in [1.165, 1.54) is 0 Å². The molecule has 0 atom stereocenters. The highest BCUT2D eigenvalue weighted by molar-refractivity contribution is 5.70. The van der Waals surface area contributed by atoms with Gasteiger partial charge in [0.05, 0.1) is 5.56 Å². The molecule has 0 aliphatic rings. The molecule has 0 spiro atoms. The minimum absolute atomic E-state index is 0.165. The predicted octanol–water partition coefficient (Wildman–Crippen LogP) is 12.5. The highest BCUT2D eigenvalue weighted by Crippen LogP contribution is 2.43. The smallest absolute Gasteiger partial charge is 0.429 e. The van der Waals surface area contributed by atoms with E-state index in [1.807, 2.05) is 24.3 Å². The van der Waals surface area contributed by atoms with Crippen LogP contribution in [0.4, 0.5) is 61.5 Å². The van der Waals surface area contributed by atoms with Gasteiger partial charge in [0.2, 0.25) is 0 Å². The maximum absolute atomic E-state index is 15.0. The van der Waals surface area contributed by atoms with E-state index < -0.39 is 94.1 Å². The lowest BCUT2D eigenvalue weighted by Gasteiger charge is -2.23. The third-order valence-electron chi connectivity index (χ3n) is 7.68. The summed E-state index contributed by atoms with van der Waals surface area (Å²) in [6.45, 7) is 2.06. The second kappa shape index (κ2) is 14.8. The molecule has 0 aliphatic carbocycles. The zero-order valence-corrected chi connectivity index (χ0v) is 27.1. The average Bonchev–Trinajstić information content (AvgIpc) is 3.02. The van der Waals surface area contributed by atoms with E-state index in [1.54, 1.807) is 24.3 Å². The summed E-state index contributed by atoms with van der Waals surface area (Å²) in [6.07, 6.45) is -19.8. The van der Waals surface area contributed by atoms with Gasteiger partial charge in [-0.25, -0.2) is 26.7 Å². The number of hydrogen-bond donors (Lipinski definition) is 0. The van der Waals surface area contributed by atoms with Crippen LogP contribution < -0.4 is 9.47 Å². The molecular weight excluding hydrogens is 758 g/mol. The molecule has 0 saturated heterocycles. The first kappa shape index (κ1) is 39.9. The van der Waals surface area contributed by atoms with Crippen LogP contribution in [-0.2, 0) is 29.5 Å². The Morgan fingerprint density at radius 3 is 1.26 bits per heavy atom. The molecule has 5 aromatic rings. The first-order valence-corrected chi connectivity index (χ1v) is 15.4. The summed E-state index contributed by atoms with van der Waals surface area (Å²) in [5.74, 6) is -14.6. The van der Waals surface area contributed by atoms with Crippen LogP contribution in [0, 0.1) is 29.1 Å². The number of aryl methyl sites for hydroxylation is 1. The van der Waals surface area contributed by atoms with Crippen LogP contribution >= 0.6 is 0 Å². The first-order valence-electron chi connectivity index (χ1n) is 15.4. The van der Waals surface area contributed by atoms with Gasteiger partial charge in [-0.05, 0) is 46.4 Å². The summed E-state index contributed by atoms with van der Waals surface area (Å²) in [7, 11) is 0. The van der Waals surface area contributed by atoms with E-state index >= 15 is 13.2 Å². The Morgan fingerprint density at radius 1 is 0.444 bits per heavy atom. The van der Waals surface area contributed by atoms with Crippen molar-refractivity contribution in [3.63, 3.8) is 0 Å². The van der Waals surface area contributed by atoms with Gasteiger partial charge in [-0.15, -0.1) is 13.2 Å². The summed E-state index contributed by atoms with van der Waals surface area (Å²) in [4.78, 5) is 0. The fraction of sp³-hybridized carbons (Fsp3) is 0.189. The molecule has 0 saturated carbocycles. The van der Waals surface area contributed by atoms with Crippen molar-refractivity contribution in [3.05, 3.63) is 142 Å². The van der Waals surface area contributed by atoms with Crippen molar-refractivity contribution < 1.29 is 75.7 Å². The van der Waals surface area contributed by atoms with E-state index in [9.17, 15) is 48.3 Å². The summed E-state index contributed by atoms with van der Waals surface area (Å²) in [5, 5.41) is 0. The lowest BCUT2D eigenvalue weighted by molar-refractivity contribution is -0.432. The van der Waals surface area contributed by atoms with Gasteiger partial charge in [-0.2, -0.15) is 26.3 Å². The molecule has 0 heterocycles. The van der Waals surface area contributed by atoms with Crippen LogP contribution in [0.15, 0.2) is 91.0 Å². The van der Waals surface area contributed by atoms with Gasteiger partial charge in [0.1, 0.15) is 51.7 Å². The van der Waals surface area contributed by atoms with Crippen molar-refractivity contribution in [2.24, 2.45) is 0 Å². The van der Waals surface area contributed by atoms with Crippen LogP contribution in [0.2, 0.25) is 0 Å². The van der Waals surface area contributed by atoms with E-state index in [0.29, 0.717) is 11.6 Å². The van der Waals surface area contributed by atoms with E-state index in [-0.39, 0.29) is 17.7 Å². The number of halogens is 14. The highest BCUT2D eigenvalue weighted by atomic mass is 19.4. The van der Waals surface area contributed by atoms with E-state index in [0.717, 1.165) is 41.7 Å². The summed E-state index contributed by atoms with van der Waals surface area (Å²) in [5.41, 5.74) is -2.93. The van der Waals surface area contributed by atoms with Crippen molar-refractivity contribution in [1.82, 2.24) is 0 Å². The maximum Gasteiger partial charge on any atom is 0.527 e. The molecule has 5 rings (SSSR count). The Bertz CT molecular complexity index is 2080. The average molecular weight is 781 g/mol. The van der Waals surface area contributed by atoms with E-state index in [2.05, 4.69) is 21.1 Å². The zero-order chi connectivity index (χ0) is 39.8. The lowest BCUT2D eigenvalue weighted by atomic mass is 9.98. The van der Waals surface area contributed by atoms with Gasteiger partial charge in [-0.3, -0.25) is 0 Å². The van der Waals surface area contributed by atoms with Gasteiger partial charge in [0.25, 0.3) is 0 Å². The minimum Gasteiger partial charge on any atom is -0.429 e. The largest absolute Gasteiger partial charge is 0.527 e. The molecule has 5 aromatic carbocycles. The van der Waals surface area contributed by atoms with Crippen LogP contribution in [0.25, 0.3) is 22.3 Å². The van der Waals surface area contributed by atoms with Crippen molar-refractivity contribution in [3.8, 4) is 33.8 Å². The van der Waals surface area contributed by atoms with Gasteiger partial charge in [0.15, 0.2) is 0 Å². The Balaban J connectivity index is 1.32. The Hall–Kier alpha value is -5.32. The quantitative estimate of drug-likeness (QED) is 0.118. The summed E-state index contributed by atoms with van der Waals surface area (Å²) >= 11 is 0. The number of hydrogen-bond acceptors (Lipinski definition) is 3. The van der Waals surface area contributed by atoms with Crippen molar-refractivity contribution >= 4 is 0 Å². The van der Waals surface area contributed by atoms with Gasteiger partial charge < -0.3 is 9.47 Å². The molecule has 0 aliphatic heterocycles. The second-order valence-corrected chi connectivity index (χ2v) is 11.5. The number of ether oxygens (including phenoxy) is 3. The topological polar surface area (TPSA) is 27.7 Å². The zero-order valence-electron chi connectivity index (χ0n) is 27.1. The molecule has 0 N–H and O–H groups in total. The van der Waals surface area contributed by atoms with Crippen LogP contribution in [0.5, 0.6) is 11.5 Å². The molecular formula is C37H22F14O3. The van der Waals surface area contributed by atoms with Crippen molar-refractivity contribution in [2.45, 2.75) is 44.5 Å². The van der Waals surface area contributed by atoms with Crippen LogP contribution in [0.3, 0.4) is 0 Å². The standard InChI is InChI=1S/C37H22F14O3/c1-2-3-19-4-6-20(7-5-19)21-8-10-22(11-9-21)23-12-13-26(27(38)14-23)34(43,44)52-24-15-28(39)32(29(40)16-24)35(45,46)53-25-17-30(41)33(31(42)18-25)36(47,48)54-37(49,50)51/h4-18H,2-3H2,1H3. The Morgan fingerprint density at radius 2 is 0.833 bits per heavy atom. The molecule has 0 unspecified atom stereocenters. The molecule has 17 heteroatoms. The first-order chi connectivity index (χ1) is 25.1. The number of alkyl halides is 9. The number of rotatable bonds is 12. The van der Waals surface area contributed by atoms with Crippen LogP contribution in [-0.4, -0.2) is 6.36 Å². The molecule has 286 valence electrons. The molecule has 0 amide bonds. The Kier molecular flexibility index (Phi) is 11.0. The molecule has 3 nitrogen and oxygen atoms in total. The van der Waals surface area contributed by atoms with E-state index in [4.69, 9.17) is 0 Å². The molecule has 0 radical (unpaired) electrons. The normalized spacial score (nSPS) is 12.6. The molecule has 54 heavy (non-hydrogen) atoms. The summed E-state index contributed by atoms with van der Waals surface area (Å²) in [6, 6.07) is 15.7.